The Hall–Kier alpha value is -0.780. The van der Waals surface area contributed by atoms with Crippen LogP contribution in [-0.2, 0) is 4.79 Å². The Morgan fingerprint density at radius 2 is 1.67 bits per heavy atom. The molecular weight excluding hydrogens is 175 g/mol. The number of hydrogen-bond donors (Lipinski definition) is 2. The molecule has 12 heavy (non-hydrogen) atoms. The first-order chi connectivity index (χ1) is 5.21. The summed E-state index contributed by atoms with van der Waals surface area (Å²) in [5.41, 5.74) is 5.17. The Balaban J connectivity index is 0. The van der Waals surface area contributed by atoms with Gasteiger partial charge in [-0.3, -0.25) is 0 Å². The Bertz CT molecular complexity index is 133. The zero-order valence-corrected chi connectivity index (χ0v) is 6.85. The van der Waals surface area contributed by atoms with Gasteiger partial charge in [0.1, 0.15) is 0 Å². The van der Waals surface area contributed by atoms with Crippen LogP contribution in [0.1, 0.15) is 13.8 Å². The molecule has 0 aromatic carbocycles. The van der Waals surface area contributed by atoms with Crippen LogP contribution in [0.25, 0.3) is 0 Å². The van der Waals surface area contributed by atoms with Gasteiger partial charge in [0, 0.05) is 0 Å². The lowest BCUT2D eigenvalue weighted by atomic mass is 10.2. The van der Waals surface area contributed by atoms with Gasteiger partial charge in [-0.05, 0) is 12.5 Å². The second-order valence-electron chi connectivity index (χ2n) is 2.43. The number of alkyl halides is 3. The zero-order valence-electron chi connectivity index (χ0n) is 6.85. The van der Waals surface area contributed by atoms with Crippen molar-refractivity contribution in [2.45, 2.75) is 20.0 Å². The molecular formula is C6H12F3NO2. The lowest BCUT2D eigenvalue weighted by molar-refractivity contribution is -0.192. The number of carbonyl (C=O) groups is 1. The van der Waals surface area contributed by atoms with Crippen molar-refractivity contribution in [3.05, 3.63) is 0 Å². The van der Waals surface area contributed by atoms with Crippen molar-refractivity contribution < 1.29 is 23.1 Å². The minimum Gasteiger partial charge on any atom is -0.475 e. The van der Waals surface area contributed by atoms with Gasteiger partial charge in [-0.2, -0.15) is 13.2 Å². The molecule has 0 aromatic heterocycles. The van der Waals surface area contributed by atoms with Gasteiger partial charge in [-0.1, -0.05) is 13.8 Å². The van der Waals surface area contributed by atoms with Crippen molar-refractivity contribution in [2.75, 3.05) is 6.54 Å². The van der Waals surface area contributed by atoms with Gasteiger partial charge in [0.2, 0.25) is 0 Å². The standard InChI is InChI=1S/C4H11N.C2HF3O2/c1-4(2)3-5;3-2(4,5)1(6)7/h4H,3,5H2,1-2H3;(H,6,7). The van der Waals surface area contributed by atoms with Crippen LogP contribution in [0.3, 0.4) is 0 Å². The van der Waals surface area contributed by atoms with Crippen molar-refractivity contribution >= 4 is 5.97 Å². The Morgan fingerprint density at radius 3 is 1.67 bits per heavy atom. The van der Waals surface area contributed by atoms with E-state index in [1.165, 1.54) is 0 Å². The molecule has 3 N–H and O–H groups in total. The van der Waals surface area contributed by atoms with Crippen LogP contribution in [0.15, 0.2) is 0 Å². The topological polar surface area (TPSA) is 63.3 Å². The molecule has 0 amide bonds. The SMILES string of the molecule is CC(C)CN.O=C(O)C(F)(F)F. The predicted molar refractivity (Wildman–Crippen MR) is 37.6 cm³/mol. The molecule has 0 bridgehead atoms. The molecule has 0 unspecified atom stereocenters. The van der Waals surface area contributed by atoms with Crippen LogP contribution in [0.2, 0.25) is 0 Å². The summed E-state index contributed by atoms with van der Waals surface area (Å²) in [6.45, 7) is 5.00. The van der Waals surface area contributed by atoms with Crippen molar-refractivity contribution in [1.29, 1.82) is 0 Å². The number of halogens is 3. The van der Waals surface area contributed by atoms with Gasteiger partial charge < -0.3 is 10.8 Å². The summed E-state index contributed by atoms with van der Waals surface area (Å²) in [4.78, 5) is 8.90. The smallest absolute Gasteiger partial charge is 0.475 e. The summed E-state index contributed by atoms with van der Waals surface area (Å²) in [7, 11) is 0. The third-order valence-corrected chi connectivity index (χ3v) is 0.714. The average molecular weight is 187 g/mol. The lowest BCUT2D eigenvalue weighted by Crippen LogP contribution is -2.21. The van der Waals surface area contributed by atoms with Crippen LogP contribution in [0, 0.1) is 5.92 Å². The highest BCUT2D eigenvalue weighted by Gasteiger charge is 2.38. The van der Waals surface area contributed by atoms with Crippen molar-refractivity contribution in [3.8, 4) is 0 Å². The normalized spacial score (nSPS) is 10.6. The van der Waals surface area contributed by atoms with Crippen LogP contribution in [-0.4, -0.2) is 23.8 Å². The van der Waals surface area contributed by atoms with E-state index in [4.69, 9.17) is 15.6 Å². The highest BCUT2D eigenvalue weighted by atomic mass is 19.4. The third-order valence-electron chi connectivity index (χ3n) is 0.714. The molecule has 3 nitrogen and oxygen atoms in total. The third kappa shape index (κ3) is 12.0. The number of nitrogens with two attached hydrogens (primary N) is 1. The minimum atomic E-state index is -5.08. The largest absolute Gasteiger partial charge is 0.490 e. The van der Waals surface area contributed by atoms with Crippen molar-refractivity contribution in [2.24, 2.45) is 11.7 Å². The molecule has 6 heteroatoms. The number of rotatable bonds is 1. The molecule has 0 spiro atoms. The predicted octanol–water partition coefficient (Wildman–Crippen LogP) is 1.23. The summed E-state index contributed by atoms with van der Waals surface area (Å²) in [5, 5.41) is 7.12. The molecule has 0 saturated heterocycles. The van der Waals surface area contributed by atoms with Gasteiger partial charge in [0.25, 0.3) is 0 Å². The maximum atomic E-state index is 10.6. The molecule has 0 aromatic rings. The van der Waals surface area contributed by atoms with Gasteiger partial charge in [0.15, 0.2) is 0 Å². The van der Waals surface area contributed by atoms with E-state index in [-0.39, 0.29) is 0 Å². The molecule has 0 heterocycles. The Labute approximate surface area is 68.4 Å². The van der Waals surface area contributed by atoms with Crippen molar-refractivity contribution in [1.82, 2.24) is 0 Å². The van der Waals surface area contributed by atoms with E-state index in [2.05, 4.69) is 13.8 Å². The maximum absolute atomic E-state index is 10.6. The van der Waals surface area contributed by atoms with E-state index in [1.807, 2.05) is 0 Å². The number of hydrogen-bond acceptors (Lipinski definition) is 2. The van der Waals surface area contributed by atoms with Gasteiger partial charge in [-0.25, -0.2) is 4.79 Å². The molecule has 0 aliphatic heterocycles. The van der Waals surface area contributed by atoms with Crippen LogP contribution in [0.5, 0.6) is 0 Å². The highest BCUT2D eigenvalue weighted by Crippen LogP contribution is 2.13. The molecule has 0 aliphatic rings. The fraction of sp³-hybridized carbons (Fsp3) is 0.833. The van der Waals surface area contributed by atoms with Gasteiger partial charge in [-0.15, -0.1) is 0 Å². The summed E-state index contributed by atoms with van der Waals surface area (Å²) < 4.78 is 31.7. The maximum Gasteiger partial charge on any atom is 0.490 e. The first kappa shape index (κ1) is 13.8. The van der Waals surface area contributed by atoms with Crippen LogP contribution >= 0.6 is 0 Å². The molecule has 0 saturated carbocycles. The second kappa shape index (κ2) is 5.82. The fourth-order valence-electron chi connectivity index (χ4n) is 0. The van der Waals surface area contributed by atoms with Crippen LogP contribution in [0.4, 0.5) is 13.2 Å². The molecule has 0 rings (SSSR count). The number of carboxylic acid groups (broad SMARTS) is 1. The quantitative estimate of drug-likeness (QED) is 0.649. The molecule has 74 valence electrons. The van der Waals surface area contributed by atoms with E-state index < -0.39 is 12.1 Å². The fourth-order valence-corrected chi connectivity index (χ4v) is 0. The van der Waals surface area contributed by atoms with Gasteiger partial charge >= 0.3 is 12.1 Å². The van der Waals surface area contributed by atoms with E-state index in [1.54, 1.807) is 0 Å². The monoisotopic (exact) mass is 187 g/mol. The van der Waals surface area contributed by atoms with E-state index in [0.29, 0.717) is 5.92 Å². The van der Waals surface area contributed by atoms with E-state index in [0.717, 1.165) is 6.54 Å². The average Bonchev–Trinajstić information content (AvgIpc) is 1.87. The summed E-state index contributed by atoms with van der Waals surface area (Å²) >= 11 is 0. The highest BCUT2D eigenvalue weighted by molar-refractivity contribution is 5.73. The molecule has 0 radical (unpaired) electrons. The lowest BCUT2D eigenvalue weighted by Gasteiger charge is -1.93. The molecule has 0 atom stereocenters. The second-order valence-corrected chi connectivity index (χ2v) is 2.43. The van der Waals surface area contributed by atoms with E-state index >= 15 is 0 Å². The summed E-state index contributed by atoms with van der Waals surface area (Å²) in [6, 6.07) is 0. The zero-order chi connectivity index (χ0) is 10.4. The van der Waals surface area contributed by atoms with Gasteiger partial charge in [0.05, 0.1) is 0 Å². The van der Waals surface area contributed by atoms with Crippen molar-refractivity contribution in [3.63, 3.8) is 0 Å². The number of aliphatic carboxylic acids is 1. The van der Waals surface area contributed by atoms with Crippen LogP contribution < -0.4 is 5.73 Å². The summed E-state index contributed by atoms with van der Waals surface area (Å²) in [6.07, 6.45) is -5.08. The number of carboxylic acids is 1. The van der Waals surface area contributed by atoms with E-state index in [9.17, 15) is 13.2 Å². The summed E-state index contributed by atoms with van der Waals surface area (Å²) in [5.74, 6) is -2.09. The molecule has 0 fully saturated rings. The first-order valence-electron chi connectivity index (χ1n) is 3.22. The molecule has 0 aliphatic carbocycles. The first-order valence-corrected chi connectivity index (χ1v) is 3.22. The Kier molecular flexibility index (Phi) is 6.68. The minimum absolute atomic E-state index is 0.662. The Morgan fingerprint density at radius 1 is 1.50 bits per heavy atom.